The summed E-state index contributed by atoms with van der Waals surface area (Å²) in [5, 5.41) is 3.87. The Kier molecular flexibility index (Phi) is 2.68. The molecule has 0 aromatic rings. The number of rotatable bonds is 4. The smallest absolute Gasteiger partial charge is 0.120 e. The molecule has 0 atom stereocenters. The van der Waals surface area contributed by atoms with Gasteiger partial charge in [-0.05, 0) is 5.41 Å². The summed E-state index contributed by atoms with van der Waals surface area (Å²) < 4.78 is 0. The summed E-state index contributed by atoms with van der Waals surface area (Å²) in [5.74, 6) is 0. The minimum atomic E-state index is 0.0415. The third-order valence-electron chi connectivity index (χ3n) is 1.85. The summed E-state index contributed by atoms with van der Waals surface area (Å²) in [4.78, 5) is 12.4. The van der Waals surface area contributed by atoms with Crippen molar-refractivity contribution in [3.8, 4) is 0 Å². The van der Waals surface area contributed by atoms with Gasteiger partial charge >= 0.3 is 0 Å². The van der Waals surface area contributed by atoms with Crippen molar-refractivity contribution < 1.29 is 4.79 Å². The molecule has 0 saturated heterocycles. The maximum Gasteiger partial charge on any atom is 0.120 e. The summed E-state index contributed by atoms with van der Waals surface area (Å²) in [6.07, 6.45) is 3.34. The van der Waals surface area contributed by atoms with Crippen LogP contribution >= 0.6 is 0 Å². The topological polar surface area (TPSA) is 44.7 Å². The molecular weight excluding hydrogens is 154 g/mol. The van der Waals surface area contributed by atoms with Crippen molar-refractivity contribution in [3.05, 3.63) is 0 Å². The van der Waals surface area contributed by atoms with E-state index in [9.17, 15) is 4.79 Å². The molecule has 68 valence electrons. The second-order valence-electron chi connectivity index (χ2n) is 3.84. The Morgan fingerprint density at radius 1 is 1.75 bits per heavy atom. The van der Waals surface area contributed by atoms with Crippen LogP contribution in [-0.2, 0) is 4.79 Å². The van der Waals surface area contributed by atoms with Crippen LogP contribution in [0.25, 0.3) is 0 Å². The Hall–Kier alpha value is -1.06. The molecule has 4 heteroatoms. The van der Waals surface area contributed by atoms with Crippen LogP contribution < -0.4 is 5.43 Å². The third kappa shape index (κ3) is 2.53. The average molecular weight is 169 g/mol. The first-order valence-electron chi connectivity index (χ1n) is 4.08. The van der Waals surface area contributed by atoms with E-state index in [2.05, 4.69) is 29.3 Å². The number of aldehydes is 1. The van der Waals surface area contributed by atoms with Crippen LogP contribution in [0.1, 0.15) is 20.3 Å². The van der Waals surface area contributed by atoms with Crippen molar-refractivity contribution in [1.29, 1.82) is 0 Å². The molecule has 0 unspecified atom stereocenters. The van der Waals surface area contributed by atoms with Gasteiger partial charge in [0.1, 0.15) is 19.3 Å². The molecule has 1 rings (SSSR count). The van der Waals surface area contributed by atoms with Gasteiger partial charge in [0.2, 0.25) is 0 Å². The molecule has 0 bridgehead atoms. The van der Waals surface area contributed by atoms with Gasteiger partial charge < -0.3 is 9.69 Å². The van der Waals surface area contributed by atoms with Gasteiger partial charge in [0.15, 0.2) is 0 Å². The van der Waals surface area contributed by atoms with E-state index in [1.54, 1.807) is 6.34 Å². The van der Waals surface area contributed by atoms with Crippen LogP contribution in [0.5, 0.6) is 0 Å². The molecule has 1 aliphatic rings. The Labute approximate surface area is 72.6 Å². The monoisotopic (exact) mass is 169 g/mol. The van der Waals surface area contributed by atoms with Gasteiger partial charge in [0.05, 0.1) is 0 Å². The number of nitrogens with one attached hydrogen (secondary N) is 1. The van der Waals surface area contributed by atoms with E-state index in [0.29, 0.717) is 6.42 Å². The molecule has 0 saturated carbocycles. The molecule has 12 heavy (non-hydrogen) atoms. The number of carbonyl (C=O) groups excluding carboxylic acids is 1. The molecule has 1 heterocycles. The van der Waals surface area contributed by atoms with Crippen molar-refractivity contribution in [2.45, 2.75) is 20.3 Å². The second-order valence-corrected chi connectivity index (χ2v) is 3.84. The maximum atomic E-state index is 10.3. The molecule has 0 spiro atoms. The average Bonchev–Trinajstić information content (AvgIpc) is 2.38. The summed E-state index contributed by atoms with van der Waals surface area (Å²) >= 11 is 0. The van der Waals surface area contributed by atoms with Crippen LogP contribution in [0.2, 0.25) is 0 Å². The largest absolute Gasteiger partial charge is 0.342 e. The first-order valence-corrected chi connectivity index (χ1v) is 4.08. The fourth-order valence-electron chi connectivity index (χ4n) is 1.23. The SMILES string of the molecule is CC(C)(CC=O)CN1C=NNC1. The highest BCUT2D eigenvalue weighted by Gasteiger charge is 2.21. The fourth-order valence-corrected chi connectivity index (χ4v) is 1.23. The van der Waals surface area contributed by atoms with E-state index in [1.165, 1.54) is 0 Å². The van der Waals surface area contributed by atoms with Gasteiger partial charge in [-0.25, -0.2) is 0 Å². The third-order valence-corrected chi connectivity index (χ3v) is 1.85. The highest BCUT2D eigenvalue weighted by atomic mass is 16.1. The minimum Gasteiger partial charge on any atom is -0.342 e. The second kappa shape index (κ2) is 3.56. The normalized spacial score (nSPS) is 16.3. The van der Waals surface area contributed by atoms with Crippen molar-refractivity contribution in [1.82, 2.24) is 10.3 Å². The standard InChI is InChI=1S/C8H15N3O/c1-8(2,3-4-12)5-11-6-9-10-7-11/h4,6,10H,3,5,7H2,1-2H3. The van der Waals surface area contributed by atoms with Crippen molar-refractivity contribution in [2.24, 2.45) is 10.5 Å². The van der Waals surface area contributed by atoms with E-state index >= 15 is 0 Å². The molecule has 0 aliphatic carbocycles. The Morgan fingerprint density at radius 2 is 2.50 bits per heavy atom. The fraction of sp³-hybridized carbons (Fsp3) is 0.750. The zero-order valence-corrected chi connectivity index (χ0v) is 7.58. The summed E-state index contributed by atoms with van der Waals surface area (Å²) in [7, 11) is 0. The lowest BCUT2D eigenvalue weighted by atomic mass is 9.90. The van der Waals surface area contributed by atoms with E-state index in [-0.39, 0.29) is 5.41 Å². The molecule has 4 nitrogen and oxygen atoms in total. The highest BCUT2D eigenvalue weighted by Crippen LogP contribution is 2.19. The molecule has 0 aromatic carbocycles. The van der Waals surface area contributed by atoms with Crippen molar-refractivity contribution in [2.75, 3.05) is 13.2 Å². The summed E-state index contributed by atoms with van der Waals surface area (Å²) in [5.41, 5.74) is 2.89. The predicted octanol–water partition coefficient (Wildman–Crippen LogP) is 0.408. The maximum absolute atomic E-state index is 10.3. The zero-order valence-electron chi connectivity index (χ0n) is 7.58. The molecule has 1 N–H and O–H groups in total. The number of hydrazone groups is 1. The van der Waals surface area contributed by atoms with Crippen LogP contribution in [0.3, 0.4) is 0 Å². The minimum absolute atomic E-state index is 0.0415. The molecular formula is C8H15N3O. The van der Waals surface area contributed by atoms with Gasteiger partial charge in [-0.2, -0.15) is 5.10 Å². The van der Waals surface area contributed by atoms with E-state index < -0.39 is 0 Å². The van der Waals surface area contributed by atoms with Gasteiger partial charge in [-0.15, -0.1) is 0 Å². The van der Waals surface area contributed by atoms with Crippen molar-refractivity contribution in [3.63, 3.8) is 0 Å². The quantitative estimate of drug-likeness (QED) is 0.620. The summed E-state index contributed by atoms with van der Waals surface area (Å²) in [6, 6.07) is 0. The van der Waals surface area contributed by atoms with Gasteiger partial charge in [0, 0.05) is 13.0 Å². The van der Waals surface area contributed by atoms with E-state index in [4.69, 9.17) is 0 Å². The lowest BCUT2D eigenvalue weighted by Gasteiger charge is -2.26. The van der Waals surface area contributed by atoms with Crippen LogP contribution in [0.15, 0.2) is 5.10 Å². The molecule has 0 aromatic heterocycles. The first kappa shape index (κ1) is 9.03. The zero-order chi connectivity index (χ0) is 9.03. The van der Waals surface area contributed by atoms with Crippen LogP contribution in [0, 0.1) is 5.41 Å². The first-order chi connectivity index (χ1) is 5.64. The Balaban J connectivity index is 2.37. The lowest BCUT2D eigenvalue weighted by molar-refractivity contribution is -0.109. The van der Waals surface area contributed by atoms with Gasteiger partial charge in [0.25, 0.3) is 0 Å². The number of hydrogen-bond acceptors (Lipinski definition) is 4. The summed E-state index contributed by atoms with van der Waals surface area (Å²) in [6.45, 7) is 5.77. The number of nitrogens with zero attached hydrogens (tertiary/aromatic N) is 2. The molecule has 0 fully saturated rings. The van der Waals surface area contributed by atoms with Crippen LogP contribution in [-0.4, -0.2) is 30.7 Å². The number of hydrogen-bond donors (Lipinski definition) is 1. The highest BCUT2D eigenvalue weighted by molar-refractivity contribution is 5.56. The predicted molar refractivity (Wildman–Crippen MR) is 47.7 cm³/mol. The Bertz CT molecular complexity index is 189. The number of carbonyl (C=O) groups is 1. The van der Waals surface area contributed by atoms with Crippen molar-refractivity contribution >= 4 is 12.6 Å². The lowest BCUT2D eigenvalue weighted by Crippen LogP contribution is -2.34. The van der Waals surface area contributed by atoms with Gasteiger partial charge in [-0.1, -0.05) is 13.8 Å². The van der Waals surface area contributed by atoms with Gasteiger partial charge in [-0.3, -0.25) is 5.43 Å². The van der Waals surface area contributed by atoms with E-state index in [0.717, 1.165) is 19.5 Å². The Morgan fingerprint density at radius 3 is 3.00 bits per heavy atom. The molecule has 1 aliphatic heterocycles. The molecule has 0 radical (unpaired) electrons. The van der Waals surface area contributed by atoms with E-state index in [1.807, 2.05) is 0 Å². The van der Waals surface area contributed by atoms with Crippen LogP contribution in [0.4, 0.5) is 0 Å². The molecule has 0 amide bonds.